The Hall–Kier alpha value is -0.460. The molecule has 5 nitrogen and oxygen atoms in total. The van der Waals surface area contributed by atoms with Crippen LogP contribution >= 0.6 is 0 Å². The molecular formula is C21H40O5. The molecule has 1 aliphatic heterocycles. The fourth-order valence-corrected chi connectivity index (χ4v) is 3.18. The topological polar surface area (TPSA) is 79.2 Å². The van der Waals surface area contributed by atoms with Gasteiger partial charge in [0.1, 0.15) is 24.4 Å². The standard InChI is InChI=1S/C21H40O5/c1-2-3-4-5-6-7-8-9-10-11-12-13-14-15-25-16-19(23)21-20(24)18(22)17-26-21/h6-7,18-24H,2-5,8-17H2,1H3/b7-6+/t18-,19+,20-,21-/m0/s1. The maximum absolute atomic E-state index is 9.91. The highest BCUT2D eigenvalue weighted by Gasteiger charge is 2.39. The summed E-state index contributed by atoms with van der Waals surface area (Å²) in [6.07, 6.45) is 14.7. The first kappa shape index (κ1) is 23.6. The zero-order chi connectivity index (χ0) is 19.0. The SMILES string of the molecule is CCCCC/C=C/CCCCCCCCOC[C@@H](O)[C@@H]1OC[C@H](O)[C@@H]1O. The van der Waals surface area contributed by atoms with Gasteiger partial charge in [0.05, 0.1) is 13.2 Å². The van der Waals surface area contributed by atoms with E-state index in [1.165, 1.54) is 57.8 Å². The lowest BCUT2D eigenvalue weighted by Gasteiger charge is -2.20. The molecule has 3 N–H and O–H groups in total. The molecule has 0 aromatic rings. The molecule has 1 heterocycles. The Morgan fingerprint density at radius 3 is 2.19 bits per heavy atom. The largest absolute Gasteiger partial charge is 0.388 e. The van der Waals surface area contributed by atoms with E-state index in [0.29, 0.717) is 6.61 Å². The van der Waals surface area contributed by atoms with Crippen LogP contribution < -0.4 is 0 Å². The average molecular weight is 373 g/mol. The summed E-state index contributed by atoms with van der Waals surface area (Å²) in [5, 5.41) is 29.0. The maximum Gasteiger partial charge on any atom is 0.114 e. The monoisotopic (exact) mass is 372 g/mol. The van der Waals surface area contributed by atoms with Crippen molar-refractivity contribution in [3.05, 3.63) is 12.2 Å². The normalized spacial score (nSPS) is 24.5. The maximum atomic E-state index is 9.91. The molecule has 1 saturated heterocycles. The van der Waals surface area contributed by atoms with E-state index < -0.39 is 24.4 Å². The van der Waals surface area contributed by atoms with Crippen molar-refractivity contribution in [2.75, 3.05) is 19.8 Å². The Kier molecular flexibility index (Phi) is 14.1. The van der Waals surface area contributed by atoms with Crippen molar-refractivity contribution in [3.8, 4) is 0 Å². The smallest absolute Gasteiger partial charge is 0.114 e. The number of ether oxygens (including phenoxy) is 2. The van der Waals surface area contributed by atoms with Crippen LogP contribution in [0.4, 0.5) is 0 Å². The zero-order valence-electron chi connectivity index (χ0n) is 16.5. The number of allylic oxidation sites excluding steroid dienone is 2. The Balaban J connectivity index is 1.82. The molecule has 1 rings (SSSR count). The van der Waals surface area contributed by atoms with Crippen LogP contribution in [0.3, 0.4) is 0 Å². The number of unbranched alkanes of at least 4 members (excludes halogenated alkanes) is 9. The van der Waals surface area contributed by atoms with Gasteiger partial charge in [0.15, 0.2) is 0 Å². The molecule has 1 aliphatic rings. The van der Waals surface area contributed by atoms with Crippen LogP contribution in [-0.4, -0.2) is 59.6 Å². The summed E-state index contributed by atoms with van der Waals surface area (Å²) in [4.78, 5) is 0. The summed E-state index contributed by atoms with van der Waals surface area (Å²) in [5.41, 5.74) is 0. The molecule has 0 radical (unpaired) electrons. The summed E-state index contributed by atoms with van der Waals surface area (Å²) < 4.78 is 10.6. The van der Waals surface area contributed by atoms with Gasteiger partial charge < -0.3 is 24.8 Å². The third kappa shape index (κ3) is 10.6. The van der Waals surface area contributed by atoms with Crippen molar-refractivity contribution in [3.63, 3.8) is 0 Å². The van der Waals surface area contributed by atoms with E-state index in [4.69, 9.17) is 9.47 Å². The first-order valence-electron chi connectivity index (χ1n) is 10.5. The predicted molar refractivity (Wildman–Crippen MR) is 104 cm³/mol. The Bertz CT molecular complexity index is 347. The quantitative estimate of drug-likeness (QED) is 0.286. The highest BCUT2D eigenvalue weighted by atomic mass is 16.5. The summed E-state index contributed by atoms with van der Waals surface area (Å²) in [5.74, 6) is 0. The van der Waals surface area contributed by atoms with E-state index >= 15 is 0 Å². The van der Waals surface area contributed by atoms with E-state index in [0.717, 1.165) is 12.8 Å². The third-order valence-electron chi connectivity index (χ3n) is 4.91. The summed E-state index contributed by atoms with van der Waals surface area (Å²) in [6.45, 7) is 3.06. The van der Waals surface area contributed by atoms with Crippen molar-refractivity contribution in [2.45, 2.75) is 102 Å². The van der Waals surface area contributed by atoms with Gasteiger partial charge >= 0.3 is 0 Å². The zero-order valence-corrected chi connectivity index (χ0v) is 16.5. The van der Waals surface area contributed by atoms with Crippen LogP contribution in [0.5, 0.6) is 0 Å². The van der Waals surface area contributed by atoms with Crippen LogP contribution in [0.2, 0.25) is 0 Å². The molecule has 5 heteroatoms. The third-order valence-corrected chi connectivity index (χ3v) is 4.91. The molecular weight excluding hydrogens is 332 g/mol. The molecule has 0 aromatic carbocycles. The van der Waals surface area contributed by atoms with Crippen LogP contribution in [0.15, 0.2) is 12.2 Å². The van der Waals surface area contributed by atoms with Gasteiger partial charge in [0.2, 0.25) is 0 Å². The first-order chi connectivity index (χ1) is 12.7. The number of rotatable bonds is 16. The van der Waals surface area contributed by atoms with E-state index in [1.807, 2.05) is 0 Å². The fourth-order valence-electron chi connectivity index (χ4n) is 3.18. The summed E-state index contributed by atoms with van der Waals surface area (Å²) in [7, 11) is 0. The molecule has 0 saturated carbocycles. The van der Waals surface area contributed by atoms with Gasteiger partial charge in [-0.1, -0.05) is 57.6 Å². The van der Waals surface area contributed by atoms with Gasteiger partial charge in [0, 0.05) is 6.61 Å². The lowest BCUT2D eigenvalue weighted by Crippen LogP contribution is -2.40. The van der Waals surface area contributed by atoms with E-state index in [2.05, 4.69) is 19.1 Å². The van der Waals surface area contributed by atoms with Crippen molar-refractivity contribution in [1.82, 2.24) is 0 Å². The molecule has 154 valence electrons. The van der Waals surface area contributed by atoms with Crippen molar-refractivity contribution < 1.29 is 24.8 Å². The van der Waals surface area contributed by atoms with Gasteiger partial charge in [-0.05, 0) is 32.1 Å². The Labute approximate surface area is 159 Å². The highest BCUT2D eigenvalue weighted by molar-refractivity contribution is 4.87. The van der Waals surface area contributed by atoms with Gasteiger partial charge in [0.25, 0.3) is 0 Å². The molecule has 0 aliphatic carbocycles. The van der Waals surface area contributed by atoms with Crippen LogP contribution in [0.25, 0.3) is 0 Å². The van der Waals surface area contributed by atoms with Gasteiger partial charge in [-0.25, -0.2) is 0 Å². The van der Waals surface area contributed by atoms with Crippen LogP contribution in [0, 0.1) is 0 Å². The number of aliphatic hydroxyl groups is 3. The average Bonchev–Trinajstić information content (AvgIpc) is 2.97. The molecule has 0 amide bonds. The Morgan fingerprint density at radius 1 is 0.962 bits per heavy atom. The summed E-state index contributed by atoms with van der Waals surface area (Å²) in [6, 6.07) is 0. The van der Waals surface area contributed by atoms with Crippen LogP contribution in [0.1, 0.15) is 77.6 Å². The first-order valence-corrected chi connectivity index (χ1v) is 10.5. The number of hydrogen-bond acceptors (Lipinski definition) is 5. The lowest BCUT2D eigenvalue weighted by molar-refractivity contribution is -0.0813. The second kappa shape index (κ2) is 15.6. The number of aliphatic hydroxyl groups excluding tert-OH is 3. The van der Waals surface area contributed by atoms with Gasteiger partial charge in [-0.2, -0.15) is 0 Å². The molecule has 1 fully saturated rings. The number of hydrogen-bond donors (Lipinski definition) is 3. The minimum Gasteiger partial charge on any atom is -0.388 e. The second-order valence-corrected chi connectivity index (χ2v) is 7.38. The van der Waals surface area contributed by atoms with Gasteiger partial charge in [-0.15, -0.1) is 0 Å². The van der Waals surface area contributed by atoms with E-state index in [-0.39, 0.29) is 13.2 Å². The minimum absolute atomic E-state index is 0.0670. The Morgan fingerprint density at radius 2 is 1.58 bits per heavy atom. The predicted octanol–water partition coefficient (Wildman–Crippen LogP) is 3.35. The van der Waals surface area contributed by atoms with E-state index in [9.17, 15) is 15.3 Å². The van der Waals surface area contributed by atoms with E-state index in [1.54, 1.807) is 0 Å². The van der Waals surface area contributed by atoms with Crippen LogP contribution in [-0.2, 0) is 9.47 Å². The summed E-state index contributed by atoms with van der Waals surface area (Å²) >= 11 is 0. The molecule has 0 spiro atoms. The second-order valence-electron chi connectivity index (χ2n) is 7.38. The lowest BCUT2D eigenvalue weighted by atomic mass is 10.1. The minimum atomic E-state index is -1.03. The molecule has 26 heavy (non-hydrogen) atoms. The van der Waals surface area contributed by atoms with Crippen molar-refractivity contribution in [2.24, 2.45) is 0 Å². The molecule has 0 bridgehead atoms. The van der Waals surface area contributed by atoms with Gasteiger partial charge in [-0.3, -0.25) is 0 Å². The molecule has 0 unspecified atom stereocenters. The molecule has 4 atom stereocenters. The fraction of sp³-hybridized carbons (Fsp3) is 0.905. The van der Waals surface area contributed by atoms with Crippen molar-refractivity contribution >= 4 is 0 Å². The highest BCUT2D eigenvalue weighted by Crippen LogP contribution is 2.18. The van der Waals surface area contributed by atoms with Crippen molar-refractivity contribution in [1.29, 1.82) is 0 Å². The molecule has 0 aromatic heterocycles.